The SMILES string of the molecule is COCCOCC(O)CNC1(C)CCS(=O)(=O)C1. The Morgan fingerprint density at radius 1 is 1.44 bits per heavy atom. The van der Waals surface area contributed by atoms with Crippen molar-refractivity contribution in [3.63, 3.8) is 0 Å². The molecule has 6 nitrogen and oxygen atoms in total. The molecule has 0 bridgehead atoms. The quantitative estimate of drug-likeness (QED) is 0.565. The average molecular weight is 281 g/mol. The molecule has 0 aliphatic carbocycles. The van der Waals surface area contributed by atoms with Crippen LogP contribution in [0.1, 0.15) is 13.3 Å². The number of hydrogen-bond acceptors (Lipinski definition) is 6. The van der Waals surface area contributed by atoms with Crippen LogP contribution in [0.15, 0.2) is 0 Å². The van der Waals surface area contributed by atoms with E-state index in [0.29, 0.717) is 26.2 Å². The molecule has 7 heteroatoms. The molecule has 2 unspecified atom stereocenters. The summed E-state index contributed by atoms with van der Waals surface area (Å²) in [5.41, 5.74) is -0.424. The van der Waals surface area contributed by atoms with E-state index in [9.17, 15) is 13.5 Å². The van der Waals surface area contributed by atoms with E-state index in [1.807, 2.05) is 6.92 Å². The van der Waals surface area contributed by atoms with E-state index in [0.717, 1.165) is 0 Å². The Balaban J connectivity index is 2.20. The van der Waals surface area contributed by atoms with Crippen LogP contribution < -0.4 is 5.32 Å². The van der Waals surface area contributed by atoms with Gasteiger partial charge in [0.15, 0.2) is 9.84 Å². The lowest BCUT2D eigenvalue weighted by molar-refractivity contribution is 0.0117. The van der Waals surface area contributed by atoms with Crippen molar-refractivity contribution < 1.29 is 23.0 Å². The third-order valence-corrected chi connectivity index (χ3v) is 4.91. The lowest BCUT2D eigenvalue weighted by Crippen LogP contribution is -2.47. The van der Waals surface area contributed by atoms with Crippen LogP contribution in [0.3, 0.4) is 0 Å². The van der Waals surface area contributed by atoms with Gasteiger partial charge >= 0.3 is 0 Å². The Bertz CT molecular complexity index is 345. The Labute approximate surface area is 109 Å². The van der Waals surface area contributed by atoms with Crippen molar-refractivity contribution >= 4 is 9.84 Å². The predicted molar refractivity (Wildman–Crippen MR) is 68.4 cm³/mol. The molecule has 1 rings (SSSR count). The molecule has 1 aliphatic rings. The number of aliphatic hydroxyl groups is 1. The second kappa shape index (κ2) is 6.81. The smallest absolute Gasteiger partial charge is 0.152 e. The van der Waals surface area contributed by atoms with Crippen molar-refractivity contribution in [2.45, 2.75) is 25.0 Å². The maximum absolute atomic E-state index is 11.4. The maximum atomic E-state index is 11.4. The van der Waals surface area contributed by atoms with Gasteiger partial charge in [-0.3, -0.25) is 0 Å². The summed E-state index contributed by atoms with van der Waals surface area (Å²) >= 11 is 0. The molecule has 0 amide bonds. The van der Waals surface area contributed by atoms with Gasteiger partial charge in [-0.25, -0.2) is 8.42 Å². The third kappa shape index (κ3) is 5.62. The highest BCUT2D eigenvalue weighted by Crippen LogP contribution is 2.22. The van der Waals surface area contributed by atoms with E-state index in [1.165, 1.54) is 0 Å². The fourth-order valence-corrected chi connectivity index (χ4v) is 4.06. The van der Waals surface area contributed by atoms with E-state index in [-0.39, 0.29) is 18.1 Å². The number of sulfone groups is 1. The van der Waals surface area contributed by atoms with Crippen molar-refractivity contribution in [2.75, 3.05) is 45.0 Å². The molecule has 1 fully saturated rings. The van der Waals surface area contributed by atoms with Gasteiger partial charge in [0.2, 0.25) is 0 Å². The minimum atomic E-state index is -2.92. The molecule has 108 valence electrons. The molecular weight excluding hydrogens is 258 g/mol. The average Bonchev–Trinajstić information content (AvgIpc) is 2.57. The van der Waals surface area contributed by atoms with E-state index in [2.05, 4.69) is 5.32 Å². The topological polar surface area (TPSA) is 84.9 Å². The molecule has 0 spiro atoms. The molecule has 0 aromatic carbocycles. The first-order valence-electron chi connectivity index (χ1n) is 6.07. The zero-order chi connectivity index (χ0) is 13.6. The minimum absolute atomic E-state index is 0.136. The van der Waals surface area contributed by atoms with Gasteiger partial charge in [-0.15, -0.1) is 0 Å². The van der Waals surface area contributed by atoms with Crippen molar-refractivity contribution in [3.8, 4) is 0 Å². The van der Waals surface area contributed by atoms with Gasteiger partial charge in [0.1, 0.15) is 0 Å². The maximum Gasteiger partial charge on any atom is 0.152 e. The van der Waals surface area contributed by atoms with Crippen molar-refractivity contribution in [1.29, 1.82) is 0 Å². The van der Waals surface area contributed by atoms with Crippen LogP contribution in [0.5, 0.6) is 0 Å². The van der Waals surface area contributed by atoms with Crippen LogP contribution in [0, 0.1) is 0 Å². The molecule has 0 aromatic rings. The molecule has 0 aromatic heterocycles. The second-order valence-corrected chi connectivity index (χ2v) is 7.19. The summed E-state index contributed by atoms with van der Waals surface area (Å²) in [6.45, 7) is 3.36. The van der Waals surface area contributed by atoms with Crippen molar-refractivity contribution in [2.24, 2.45) is 0 Å². The molecule has 2 atom stereocenters. The van der Waals surface area contributed by atoms with Gasteiger partial charge in [0, 0.05) is 19.2 Å². The van der Waals surface area contributed by atoms with E-state index < -0.39 is 21.5 Å². The van der Waals surface area contributed by atoms with Crippen LogP contribution >= 0.6 is 0 Å². The molecule has 1 saturated heterocycles. The summed E-state index contributed by atoms with van der Waals surface area (Å²) in [4.78, 5) is 0. The monoisotopic (exact) mass is 281 g/mol. The summed E-state index contributed by atoms with van der Waals surface area (Å²) in [5.74, 6) is 0.355. The van der Waals surface area contributed by atoms with Gasteiger partial charge in [-0.05, 0) is 13.3 Å². The van der Waals surface area contributed by atoms with Crippen LogP contribution in [0.2, 0.25) is 0 Å². The summed E-state index contributed by atoms with van der Waals surface area (Å²) in [7, 11) is -1.33. The number of hydrogen-bond donors (Lipinski definition) is 2. The van der Waals surface area contributed by atoms with Crippen LogP contribution in [-0.2, 0) is 19.3 Å². The highest BCUT2D eigenvalue weighted by Gasteiger charge is 2.38. The lowest BCUT2D eigenvalue weighted by atomic mass is 10.0. The number of methoxy groups -OCH3 is 1. The molecular formula is C11H23NO5S. The third-order valence-electron chi connectivity index (χ3n) is 3.01. The standard InChI is InChI=1S/C11H23NO5S/c1-11(3-6-18(14,15)9-11)12-7-10(13)8-17-5-4-16-2/h10,12-13H,3-9H2,1-2H3. The van der Waals surface area contributed by atoms with E-state index in [4.69, 9.17) is 9.47 Å². The molecule has 18 heavy (non-hydrogen) atoms. The Morgan fingerprint density at radius 3 is 2.72 bits per heavy atom. The van der Waals surface area contributed by atoms with Gasteiger partial charge < -0.3 is 19.9 Å². The minimum Gasteiger partial charge on any atom is -0.389 e. The van der Waals surface area contributed by atoms with Gasteiger partial charge in [-0.2, -0.15) is 0 Å². The summed E-state index contributed by atoms with van der Waals surface area (Å²) < 4.78 is 32.8. The first kappa shape index (κ1) is 15.8. The Kier molecular flexibility index (Phi) is 6.00. The predicted octanol–water partition coefficient (Wildman–Crippen LogP) is -0.823. The molecule has 1 aliphatic heterocycles. The highest BCUT2D eigenvalue weighted by molar-refractivity contribution is 7.91. The molecule has 1 heterocycles. The molecule has 2 N–H and O–H groups in total. The second-order valence-electron chi connectivity index (χ2n) is 5.01. The zero-order valence-electron chi connectivity index (χ0n) is 11.0. The summed E-state index contributed by atoms with van der Waals surface area (Å²) in [5, 5.41) is 12.8. The van der Waals surface area contributed by atoms with E-state index >= 15 is 0 Å². The number of nitrogens with one attached hydrogen (secondary N) is 1. The Morgan fingerprint density at radius 2 is 2.17 bits per heavy atom. The zero-order valence-corrected chi connectivity index (χ0v) is 11.8. The van der Waals surface area contributed by atoms with Gasteiger partial charge in [0.25, 0.3) is 0 Å². The van der Waals surface area contributed by atoms with E-state index in [1.54, 1.807) is 7.11 Å². The summed E-state index contributed by atoms with van der Waals surface area (Å²) in [6, 6.07) is 0. The van der Waals surface area contributed by atoms with Crippen LogP contribution in [-0.4, -0.2) is 70.1 Å². The Hall–Kier alpha value is -0.210. The van der Waals surface area contributed by atoms with Crippen LogP contribution in [0.4, 0.5) is 0 Å². The van der Waals surface area contributed by atoms with Crippen LogP contribution in [0.25, 0.3) is 0 Å². The van der Waals surface area contributed by atoms with Gasteiger partial charge in [0.05, 0.1) is 37.4 Å². The number of ether oxygens (including phenoxy) is 2. The summed E-state index contributed by atoms with van der Waals surface area (Å²) in [6.07, 6.45) is -0.0472. The normalized spacial score (nSPS) is 28.4. The fraction of sp³-hybridized carbons (Fsp3) is 1.00. The molecule has 0 saturated carbocycles. The number of rotatable bonds is 8. The van der Waals surface area contributed by atoms with Crippen molar-refractivity contribution in [1.82, 2.24) is 5.32 Å². The highest BCUT2D eigenvalue weighted by atomic mass is 32.2. The van der Waals surface area contributed by atoms with Crippen molar-refractivity contribution in [3.05, 3.63) is 0 Å². The number of β-amino-alcohol motifs (C(OH)–C–C–N with tert-alkyl or cyclic N) is 1. The van der Waals surface area contributed by atoms with Gasteiger partial charge in [-0.1, -0.05) is 0 Å². The lowest BCUT2D eigenvalue weighted by Gasteiger charge is -2.25. The largest absolute Gasteiger partial charge is 0.389 e. The fourth-order valence-electron chi connectivity index (χ4n) is 1.93. The first-order chi connectivity index (χ1) is 8.37. The first-order valence-corrected chi connectivity index (χ1v) is 7.89. The number of aliphatic hydroxyl groups excluding tert-OH is 1. The molecule has 0 radical (unpaired) electrons.